The normalized spacial score (nSPS) is 25.7. The number of hydrogen-bond donors (Lipinski definition) is 1. The third-order valence-corrected chi connectivity index (χ3v) is 4.54. The Labute approximate surface area is 151 Å². The van der Waals surface area contributed by atoms with Crippen molar-refractivity contribution in [3.05, 3.63) is 42.0 Å². The molecule has 3 rings (SSSR count). The summed E-state index contributed by atoms with van der Waals surface area (Å²) in [7, 11) is 0. The van der Waals surface area contributed by atoms with E-state index in [1.807, 2.05) is 30.3 Å². The van der Waals surface area contributed by atoms with Crippen molar-refractivity contribution in [2.75, 3.05) is 0 Å². The molecule has 0 bridgehead atoms. The Morgan fingerprint density at radius 2 is 1.77 bits per heavy atom. The summed E-state index contributed by atoms with van der Waals surface area (Å²) in [5.74, 6) is -0.801. The van der Waals surface area contributed by atoms with Gasteiger partial charge in [-0.1, -0.05) is 30.3 Å². The van der Waals surface area contributed by atoms with Crippen LogP contribution in [-0.2, 0) is 23.8 Å². The topological polar surface area (TPSA) is 82.1 Å². The number of ether oxygens (including phenoxy) is 3. The van der Waals surface area contributed by atoms with Gasteiger partial charge in [0.05, 0.1) is 12.2 Å². The van der Waals surface area contributed by atoms with Gasteiger partial charge in [0.25, 0.3) is 0 Å². The molecule has 1 fully saturated rings. The minimum atomic E-state index is -0.690. The Hall–Kier alpha value is -2.60. The summed E-state index contributed by atoms with van der Waals surface area (Å²) in [6, 6.07) is 11.2. The predicted molar refractivity (Wildman–Crippen MR) is 94.6 cm³/mol. The standard InChI is InChI=1S/C20H22O6/c1-11-20(26-13(3)22)18(25-12(2)21)10-17(24-11)19-15-7-5-4-6-14(15)8-9-16(19)23/h4-9,11,17-18,20,23H,10H2,1-3H3/t11?,17-,18+,20-/m0/s1. The first-order valence-corrected chi connectivity index (χ1v) is 8.57. The fourth-order valence-electron chi connectivity index (χ4n) is 3.54. The quantitative estimate of drug-likeness (QED) is 0.848. The third kappa shape index (κ3) is 3.65. The van der Waals surface area contributed by atoms with Gasteiger partial charge in [0.1, 0.15) is 11.9 Å². The summed E-state index contributed by atoms with van der Waals surface area (Å²) in [4.78, 5) is 22.9. The Kier molecular flexibility index (Phi) is 5.13. The van der Waals surface area contributed by atoms with Gasteiger partial charge in [0.15, 0.2) is 6.10 Å². The van der Waals surface area contributed by atoms with Crippen LogP contribution in [0, 0.1) is 0 Å². The summed E-state index contributed by atoms with van der Waals surface area (Å²) in [5.41, 5.74) is 0.647. The van der Waals surface area contributed by atoms with Crippen molar-refractivity contribution in [2.45, 2.75) is 51.6 Å². The molecule has 1 aliphatic heterocycles. The molecule has 1 heterocycles. The highest BCUT2D eigenvalue weighted by atomic mass is 16.6. The fourth-order valence-corrected chi connectivity index (χ4v) is 3.54. The van der Waals surface area contributed by atoms with Crippen molar-refractivity contribution in [3.8, 4) is 5.75 Å². The van der Waals surface area contributed by atoms with Crippen molar-refractivity contribution in [1.82, 2.24) is 0 Å². The minimum Gasteiger partial charge on any atom is -0.508 e. The molecule has 0 radical (unpaired) electrons. The number of carbonyl (C=O) groups excluding carboxylic acids is 2. The summed E-state index contributed by atoms with van der Waals surface area (Å²) in [6.07, 6.45) is -2.05. The van der Waals surface area contributed by atoms with Crippen LogP contribution in [-0.4, -0.2) is 35.4 Å². The highest BCUT2D eigenvalue weighted by Gasteiger charge is 2.42. The average Bonchev–Trinajstić information content (AvgIpc) is 2.57. The summed E-state index contributed by atoms with van der Waals surface area (Å²) < 4.78 is 16.8. The van der Waals surface area contributed by atoms with E-state index in [0.717, 1.165) is 10.8 Å². The van der Waals surface area contributed by atoms with Gasteiger partial charge in [-0.25, -0.2) is 0 Å². The molecule has 6 heteroatoms. The molecule has 1 N–H and O–H groups in total. The molecule has 0 aliphatic carbocycles. The maximum Gasteiger partial charge on any atom is 0.303 e. The average molecular weight is 358 g/mol. The van der Waals surface area contributed by atoms with E-state index in [-0.39, 0.29) is 12.2 Å². The highest BCUT2D eigenvalue weighted by Crippen LogP contribution is 2.41. The van der Waals surface area contributed by atoms with Crippen LogP contribution < -0.4 is 0 Å². The third-order valence-electron chi connectivity index (χ3n) is 4.54. The van der Waals surface area contributed by atoms with Gasteiger partial charge in [0, 0.05) is 25.8 Å². The van der Waals surface area contributed by atoms with Gasteiger partial charge < -0.3 is 19.3 Å². The van der Waals surface area contributed by atoms with E-state index < -0.39 is 36.4 Å². The van der Waals surface area contributed by atoms with E-state index in [9.17, 15) is 14.7 Å². The predicted octanol–water partition coefficient (Wildman–Crippen LogP) is 3.26. The van der Waals surface area contributed by atoms with E-state index in [2.05, 4.69) is 0 Å². The molecule has 0 spiro atoms. The smallest absolute Gasteiger partial charge is 0.303 e. The van der Waals surface area contributed by atoms with Gasteiger partial charge in [-0.3, -0.25) is 9.59 Å². The molecule has 1 aliphatic rings. The number of phenols is 1. The molecule has 6 nitrogen and oxygen atoms in total. The summed E-state index contributed by atoms with van der Waals surface area (Å²) >= 11 is 0. The van der Waals surface area contributed by atoms with Crippen LogP contribution in [0.3, 0.4) is 0 Å². The lowest BCUT2D eigenvalue weighted by Gasteiger charge is -2.39. The van der Waals surface area contributed by atoms with Crippen LogP contribution in [0.25, 0.3) is 10.8 Å². The van der Waals surface area contributed by atoms with Gasteiger partial charge in [0.2, 0.25) is 0 Å². The zero-order valence-corrected chi connectivity index (χ0v) is 15.0. The van der Waals surface area contributed by atoms with Gasteiger partial charge in [-0.05, 0) is 23.8 Å². The SMILES string of the molecule is CC(=O)O[C@@H]1C[C@@H](c2c(O)ccc3ccccc23)OC(C)[C@@H]1OC(C)=O. The van der Waals surface area contributed by atoms with Gasteiger partial charge >= 0.3 is 11.9 Å². The highest BCUT2D eigenvalue weighted by molar-refractivity contribution is 5.88. The molecule has 0 amide bonds. The van der Waals surface area contributed by atoms with Crippen LogP contribution in [0.4, 0.5) is 0 Å². The zero-order chi connectivity index (χ0) is 18.8. The molecule has 2 aromatic rings. The lowest BCUT2D eigenvalue weighted by Crippen LogP contribution is -2.48. The number of benzene rings is 2. The van der Waals surface area contributed by atoms with E-state index >= 15 is 0 Å². The first kappa shape index (κ1) is 18.2. The van der Waals surface area contributed by atoms with Crippen molar-refractivity contribution < 1.29 is 28.9 Å². The second-order valence-corrected chi connectivity index (χ2v) is 6.51. The first-order chi connectivity index (χ1) is 12.4. The van der Waals surface area contributed by atoms with Crippen molar-refractivity contribution in [2.24, 2.45) is 0 Å². The lowest BCUT2D eigenvalue weighted by atomic mass is 9.90. The Bertz CT molecular complexity index is 830. The Morgan fingerprint density at radius 3 is 2.46 bits per heavy atom. The monoisotopic (exact) mass is 358 g/mol. The molecular formula is C20H22O6. The van der Waals surface area contributed by atoms with Gasteiger partial charge in [-0.15, -0.1) is 0 Å². The number of carbonyl (C=O) groups is 2. The largest absolute Gasteiger partial charge is 0.508 e. The van der Waals surface area contributed by atoms with E-state index in [1.54, 1.807) is 13.0 Å². The number of fused-ring (bicyclic) bond motifs is 1. The Balaban J connectivity index is 1.98. The number of rotatable bonds is 3. The Morgan fingerprint density at radius 1 is 1.08 bits per heavy atom. The molecule has 26 heavy (non-hydrogen) atoms. The number of phenolic OH excluding ortho intramolecular Hbond substituents is 1. The van der Waals surface area contributed by atoms with Crippen LogP contribution in [0.1, 0.15) is 38.9 Å². The van der Waals surface area contributed by atoms with E-state index in [0.29, 0.717) is 5.56 Å². The van der Waals surface area contributed by atoms with Crippen LogP contribution >= 0.6 is 0 Å². The van der Waals surface area contributed by atoms with Gasteiger partial charge in [-0.2, -0.15) is 0 Å². The molecule has 4 atom stereocenters. The van der Waals surface area contributed by atoms with Crippen LogP contribution in [0.5, 0.6) is 5.75 Å². The van der Waals surface area contributed by atoms with Crippen LogP contribution in [0.15, 0.2) is 36.4 Å². The maximum absolute atomic E-state index is 11.5. The van der Waals surface area contributed by atoms with Crippen molar-refractivity contribution in [3.63, 3.8) is 0 Å². The molecule has 1 unspecified atom stereocenters. The molecule has 0 saturated carbocycles. The second kappa shape index (κ2) is 7.33. The first-order valence-electron chi connectivity index (χ1n) is 8.57. The zero-order valence-electron chi connectivity index (χ0n) is 15.0. The minimum absolute atomic E-state index is 0.119. The number of esters is 2. The summed E-state index contributed by atoms with van der Waals surface area (Å²) in [6.45, 7) is 4.38. The van der Waals surface area contributed by atoms with Crippen molar-refractivity contribution in [1.29, 1.82) is 0 Å². The molecule has 2 aromatic carbocycles. The van der Waals surface area contributed by atoms with E-state index in [1.165, 1.54) is 13.8 Å². The maximum atomic E-state index is 11.5. The number of hydrogen-bond acceptors (Lipinski definition) is 6. The summed E-state index contributed by atoms with van der Waals surface area (Å²) in [5, 5.41) is 12.3. The molecule has 0 aromatic heterocycles. The molecular weight excluding hydrogens is 336 g/mol. The van der Waals surface area contributed by atoms with Crippen molar-refractivity contribution >= 4 is 22.7 Å². The van der Waals surface area contributed by atoms with E-state index in [4.69, 9.17) is 14.2 Å². The van der Waals surface area contributed by atoms with Crippen LogP contribution in [0.2, 0.25) is 0 Å². The molecule has 1 saturated heterocycles. The number of aromatic hydroxyl groups is 1. The molecule has 138 valence electrons. The fraction of sp³-hybridized carbons (Fsp3) is 0.400. The lowest BCUT2D eigenvalue weighted by molar-refractivity contribution is -0.204. The second-order valence-electron chi connectivity index (χ2n) is 6.51.